The van der Waals surface area contributed by atoms with E-state index < -0.39 is 0 Å². The van der Waals surface area contributed by atoms with Crippen molar-refractivity contribution in [1.29, 1.82) is 0 Å². The molecule has 0 aromatic heterocycles. The molecule has 104 valence electrons. The van der Waals surface area contributed by atoms with Crippen LogP contribution >= 0.6 is 0 Å². The van der Waals surface area contributed by atoms with Crippen LogP contribution in [0.15, 0.2) is 0 Å². The summed E-state index contributed by atoms with van der Waals surface area (Å²) in [5, 5.41) is 3.23. The third-order valence-electron chi connectivity index (χ3n) is 5.17. The van der Waals surface area contributed by atoms with Crippen LogP contribution in [0.4, 0.5) is 0 Å². The van der Waals surface area contributed by atoms with Gasteiger partial charge in [-0.3, -0.25) is 4.79 Å². The van der Waals surface area contributed by atoms with E-state index in [1.165, 1.54) is 25.7 Å². The molecule has 3 unspecified atom stereocenters. The minimum atomic E-state index is -0.215. The topological polar surface area (TPSA) is 55.1 Å². The molecule has 2 fully saturated rings. The Hall–Kier alpha value is -0.570. The van der Waals surface area contributed by atoms with E-state index in [0.717, 1.165) is 25.2 Å². The lowest BCUT2D eigenvalue weighted by atomic mass is 9.78. The van der Waals surface area contributed by atoms with Crippen LogP contribution < -0.4 is 11.1 Å². The van der Waals surface area contributed by atoms with Crippen LogP contribution in [0.5, 0.6) is 0 Å². The van der Waals surface area contributed by atoms with Crippen molar-refractivity contribution >= 4 is 5.91 Å². The number of carbonyl (C=O) groups excluding carboxylic acids is 1. The van der Waals surface area contributed by atoms with Gasteiger partial charge in [0.1, 0.15) is 0 Å². The molecule has 3 nitrogen and oxygen atoms in total. The van der Waals surface area contributed by atoms with Crippen molar-refractivity contribution in [1.82, 2.24) is 5.32 Å². The molecule has 3 N–H and O–H groups in total. The van der Waals surface area contributed by atoms with Crippen LogP contribution in [0.3, 0.4) is 0 Å². The lowest BCUT2D eigenvalue weighted by molar-refractivity contribution is -0.123. The molecular weight excluding hydrogens is 224 g/mol. The number of carbonyl (C=O) groups is 1. The number of rotatable bonds is 3. The molecule has 3 atom stereocenters. The standard InChI is InChI=1S/C15H28N2O/c1-11-6-5-7-13(12(11)2)17-14(18)10-15(16)8-3-4-9-15/h11-13H,3-10,16H2,1-2H3,(H,17,18). The number of hydrogen-bond acceptors (Lipinski definition) is 2. The van der Waals surface area contributed by atoms with Gasteiger partial charge in [0, 0.05) is 18.0 Å². The largest absolute Gasteiger partial charge is 0.353 e. The smallest absolute Gasteiger partial charge is 0.222 e. The molecule has 0 saturated heterocycles. The molecule has 0 bridgehead atoms. The van der Waals surface area contributed by atoms with E-state index in [0.29, 0.717) is 18.4 Å². The van der Waals surface area contributed by atoms with Crippen molar-refractivity contribution in [2.75, 3.05) is 0 Å². The summed E-state index contributed by atoms with van der Waals surface area (Å²) in [7, 11) is 0. The second kappa shape index (κ2) is 5.60. The SMILES string of the molecule is CC1CCCC(NC(=O)CC2(N)CCCC2)C1C. The fourth-order valence-electron chi connectivity index (χ4n) is 3.62. The average molecular weight is 252 g/mol. The van der Waals surface area contributed by atoms with Gasteiger partial charge < -0.3 is 11.1 Å². The molecule has 3 heteroatoms. The van der Waals surface area contributed by atoms with Gasteiger partial charge in [-0.15, -0.1) is 0 Å². The Morgan fingerprint density at radius 1 is 1.22 bits per heavy atom. The maximum absolute atomic E-state index is 12.1. The first-order chi connectivity index (χ1) is 8.50. The van der Waals surface area contributed by atoms with E-state index >= 15 is 0 Å². The van der Waals surface area contributed by atoms with Crippen LogP contribution in [0.1, 0.15) is 65.2 Å². The van der Waals surface area contributed by atoms with E-state index in [9.17, 15) is 4.79 Å². The Kier molecular flexibility index (Phi) is 4.31. The van der Waals surface area contributed by atoms with Crippen LogP contribution in [-0.2, 0) is 4.79 Å². The summed E-state index contributed by atoms with van der Waals surface area (Å²) in [5.74, 6) is 1.49. The second-order valence-electron chi connectivity index (χ2n) is 6.69. The van der Waals surface area contributed by atoms with Crippen molar-refractivity contribution in [3.8, 4) is 0 Å². The van der Waals surface area contributed by atoms with Gasteiger partial charge in [-0.05, 0) is 31.1 Å². The number of nitrogens with one attached hydrogen (secondary N) is 1. The van der Waals surface area contributed by atoms with Gasteiger partial charge in [-0.2, -0.15) is 0 Å². The Morgan fingerprint density at radius 2 is 1.89 bits per heavy atom. The lowest BCUT2D eigenvalue weighted by Gasteiger charge is -2.35. The zero-order valence-corrected chi connectivity index (χ0v) is 11.9. The lowest BCUT2D eigenvalue weighted by Crippen LogP contribution is -2.48. The van der Waals surface area contributed by atoms with Gasteiger partial charge in [0.25, 0.3) is 0 Å². The van der Waals surface area contributed by atoms with Crippen LogP contribution in [0, 0.1) is 11.8 Å². The Morgan fingerprint density at radius 3 is 2.56 bits per heavy atom. The molecular formula is C15H28N2O. The Labute approximate surface area is 111 Å². The quantitative estimate of drug-likeness (QED) is 0.811. The Bertz CT molecular complexity index is 297. The van der Waals surface area contributed by atoms with E-state index in [2.05, 4.69) is 19.2 Å². The number of nitrogens with two attached hydrogens (primary N) is 1. The van der Waals surface area contributed by atoms with Crippen molar-refractivity contribution in [2.45, 2.75) is 76.8 Å². The molecule has 0 aromatic rings. The van der Waals surface area contributed by atoms with Crippen molar-refractivity contribution < 1.29 is 4.79 Å². The highest BCUT2D eigenvalue weighted by Gasteiger charge is 2.34. The van der Waals surface area contributed by atoms with Gasteiger partial charge in [-0.25, -0.2) is 0 Å². The molecule has 18 heavy (non-hydrogen) atoms. The van der Waals surface area contributed by atoms with Gasteiger partial charge in [0.15, 0.2) is 0 Å². The molecule has 2 rings (SSSR count). The summed E-state index contributed by atoms with van der Waals surface area (Å²) in [6, 6.07) is 0.367. The predicted octanol–water partition coefficient (Wildman–Crippen LogP) is 2.59. The molecule has 1 amide bonds. The fourth-order valence-corrected chi connectivity index (χ4v) is 3.62. The van der Waals surface area contributed by atoms with Gasteiger partial charge in [0.2, 0.25) is 5.91 Å². The summed E-state index contributed by atoms with van der Waals surface area (Å²) < 4.78 is 0. The molecule has 2 aliphatic rings. The molecule has 0 radical (unpaired) electrons. The minimum absolute atomic E-state index is 0.172. The molecule has 2 aliphatic carbocycles. The van der Waals surface area contributed by atoms with Gasteiger partial charge >= 0.3 is 0 Å². The molecule has 0 spiro atoms. The van der Waals surface area contributed by atoms with Crippen LogP contribution in [0.25, 0.3) is 0 Å². The van der Waals surface area contributed by atoms with E-state index in [1.807, 2.05) is 0 Å². The van der Waals surface area contributed by atoms with Crippen LogP contribution in [0.2, 0.25) is 0 Å². The fraction of sp³-hybridized carbons (Fsp3) is 0.933. The average Bonchev–Trinajstić information content (AvgIpc) is 2.71. The zero-order chi connectivity index (χ0) is 13.2. The first-order valence-electron chi connectivity index (χ1n) is 7.58. The minimum Gasteiger partial charge on any atom is -0.353 e. The zero-order valence-electron chi connectivity index (χ0n) is 11.9. The second-order valence-corrected chi connectivity index (χ2v) is 6.69. The summed E-state index contributed by atoms with van der Waals surface area (Å²) in [4.78, 5) is 12.1. The highest BCUT2D eigenvalue weighted by atomic mass is 16.1. The molecule has 0 aliphatic heterocycles. The first kappa shape index (κ1) is 13.9. The molecule has 2 saturated carbocycles. The Balaban J connectivity index is 1.83. The monoisotopic (exact) mass is 252 g/mol. The van der Waals surface area contributed by atoms with Crippen LogP contribution in [-0.4, -0.2) is 17.5 Å². The van der Waals surface area contributed by atoms with Gasteiger partial charge in [-0.1, -0.05) is 39.5 Å². The third-order valence-corrected chi connectivity index (χ3v) is 5.17. The normalized spacial score (nSPS) is 35.4. The van der Waals surface area contributed by atoms with E-state index in [1.54, 1.807) is 0 Å². The number of amides is 1. The van der Waals surface area contributed by atoms with Crippen molar-refractivity contribution in [3.05, 3.63) is 0 Å². The van der Waals surface area contributed by atoms with E-state index in [4.69, 9.17) is 5.73 Å². The summed E-state index contributed by atoms with van der Waals surface area (Å²) in [5.41, 5.74) is 6.05. The predicted molar refractivity (Wildman–Crippen MR) is 74.1 cm³/mol. The summed E-state index contributed by atoms with van der Waals surface area (Å²) >= 11 is 0. The highest BCUT2D eigenvalue weighted by molar-refractivity contribution is 5.77. The highest BCUT2D eigenvalue weighted by Crippen LogP contribution is 2.32. The number of hydrogen-bond donors (Lipinski definition) is 2. The molecule has 0 aromatic carbocycles. The summed E-state index contributed by atoms with van der Waals surface area (Å²) in [6.45, 7) is 4.56. The van der Waals surface area contributed by atoms with Gasteiger partial charge in [0.05, 0.1) is 0 Å². The van der Waals surface area contributed by atoms with Crippen molar-refractivity contribution in [3.63, 3.8) is 0 Å². The maximum atomic E-state index is 12.1. The maximum Gasteiger partial charge on any atom is 0.222 e. The third kappa shape index (κ3) is 3.25. The summed E-state index contributed by atoms with van der Waals surface area (Å²) in [6.07, 6.45) is 8.58. The first-order valence-corrected chi connectivity index (χ1v) is 7.58. The van der Waals surface area contributed by atoms with E-state index in [-0.39, 0.29) is 11.4 Å². The van der Waals surface area contributed by atoms with Crippen molar-refractivity contribution in [2.24, 2.45) is 17.6 Å². The molecule has 0 heterocycles.